The Morgan fingerprint density at radius 3 is 2.69 bits per heavy atom. The van der Waals surface area contributed by atoms with Crippen molar-refractivity contribution in [3.05, 3.63) is 29.4 Å². The van der Waals surface area contributed by atoms with Crippen molar-refractivity contribution in [3.8, 4) is 10.6 Å². The summed E-state index contributed by atoms with van der Waals surface area (Å²) in [6.07, 6.45) is 5.11. The number of pyridine rings is 1. The fraction of sp³-hybridized carbons (Fsp3) is 0.526. The molecule has 0 radical (unpaired) electrons. The lowest BCUT2D eigenvalue weighted by atomic mass is 10.2. The van der Waals surface area contributed by atoms with Gasteiger partial charge >= 0.3 is 5.97 Å². The van der Waals surface area contributed by atoms with E-state index in [-0.39, 0.29) is 6.61 Å². The fourth-order valence-electron chi connectivity index (χ4n) is 2.32. The maximum atomic E-state index is 12.1. The number of rotatable bonds is 10. The lowest BCUT2D eigenvalue weighted by Gasteiger charge is -2.18. The van der Waals surface area contributed by atoms with E-state index in [2.05, 4.69) is 15.3 Å². The van der Waals surface area contributed by atoms with Gasteiger partial charge in [-0.25, -0.2) is 14.8 Å². The molecule has 10 heteroatoms. The fourth-order valence-corrected chi connectivity index (χ4v) is 3.53. The van der Waals surface area contributed by atoms with Crippen molar-refractivity contribution in [2.75, 3.05) is 24.7 Å². The van der Waals surface area contributed by atoms with Crippen LogP contribution in [0.5, 0.6) is 0 Å². The van der Waals surface area contributed by atoms with E-state index in [1.54, 1.807) is 11.6 Å². The molecule has 1 N–H and O–H groups in total. The molecule has 0 atom stereocenters. The van der Waals surface area contributed by atoms with Crippen molar-refractivity contribution in [1.82, 2.24) is 9.97 Å². The monoisotopic (exact) mass is 441 g/mol. The third-order valence-electron chi connectivity index (χ3n) is 3.54. The second-order valence-electron chi connectivity index (χ2n) is 7.48. The Balaban J connectivity index is 1.84. The van der Waals surface area contributed by atoms with Gasteiger partial charge < -0.3 is 10.1 Å². The van der Waals surface area contributed by atoms with Gasteiger partial charge in [0.15, 0.2) is 5.69 Å². The summed E-state index contributed by atoms with van der Waals surface area (Å²) in [5.41, 5.74) is 0.595. The summed E-state index contributed by atoms with van der Waals surface area (Å²) in [5, 5.41) is 5.64. The van der Waals surface area contributed by atoms with Gasteiger partial charge in [-0.05, 0) is 52.2 Å². The van der Waals surface area contributed by atoms with E-state index in [1.165, 1.54) is 11.3 Å². The molecule has 2 heterocycles. The molecule has 0 aliphatic carbocycles. The second-order valence-corrected chi connectivity index (χ2v) is 9.99. The van der Waals surface area contributed by atoms with Crippen molar-refractivity contribution in [3.63, 3.8) is 0 Å². The van der Waals surface area contributed by atoms with Crippen LogP contribution in [0.2, 0.25) is 0 Å². The number of hydrogen-bond donors (Lipinski definition) is 1. The molecule has 0 fully saturated rings. The van der Waals surface area contributed by atoms with E-state index in [0.717, 1.165) is 24.7 Å². The zero-order valence-electron chi connectivity index (χ0n) is 17.1. The Morgan fingerprint density at radius 2 is 2.00 bits per heavy atom. The van der Waals surface area contributed by atoms with Crippen LogP contribution in [0.15, 0.2) is 23.7 Å². The van der Waals surface area contributed by atoms with Crippen molar-refractivity contribution >= 4 is 33.2 Å². The highest BCUT2D eigenvalue weighted by Crippen LogP contribution is 2.26. The number of carbonyl (C=O) groups is 1. The van der Waals surface area contributed by atoms with E-state index < -0.39 is 21.7 Å². The van der Waals surface area contributed by atoms with Crippen LogP contribution in [-0.4, -0.2) is 49.4 Å². The summed E-state index contributed by atoms with van der Waals surface area (Å²) in [6.45, 7) is 6.36. The zero-order valence-corrected chi connectivity index (χ0v) is 18.7. The SMILES string of the molecule is CC(C)(C)OC(=O)c1csc(-c2ccnc(NCCCCCOS(C)(=O)=O)c2)n1. The third kappa shape index (κ3) is 8.88. The maximum absolute atomic E-state index is 12.1. The molecule has 2 aromatic heterocycles. The highest BCUT2D eigenvalue weighted by atomic mass is 32.2. The van der Waals surface area contributed by atoms with Crippen LogP contribution in [-0.2, 0) is 19.0 Å². The van der Waals surface area contributed by atoms with Crippen LogP contribution < -0.4 is 5.32 Å². The molecule has 0 unspecified atom stereocenters. The molecule has 0 saturated carbocycles. The molecular weight excluding hydrogens is 414 g/mol. The first kappa shape index (κ1) is 23.2. The minimum atomic E-state index is -3.36. The van der Waals surface area contributed by atoms with Crippen molar-refractivity contribution < 1.29 is 22.1 Å². The molecule has 2 rings (SSSR count). The summed E-state index contributed by atoms with van der Waals surface area (Å²) >= 11 is 1.37. The maximum Gasteiger partial charge on any atom is 0.358 e. The van der Waals surface area contributed by atoms with Crippen LogP contribution in [0.1, 0.15) is 50.5 Å². The lowest BCUT2D eigenvalue weighted by molar-refractivity contribution is 0.00637. The van der Waals surface area contributed by atoms with Gasteiger partial charge in [-0.3, -0.25) is 4.18 Å². The molecule has 8 nitrogen and oxygen atoms in total. The smallest absolute Gasteiger partial charge is 0.358 e. The topological polar surface area (TPSA) is 107 Å². The summed E-state index contributed by atoms with van der Waals surface area (Å²) in [7, 11) is -3.36. The first-order valence-electron chi connectivity index (χ1n) is 9.27. The normalized spacial score (nSPS) is 12.0. The highest BCUT2D eigenvalue weighted by Gasteiger charge is 2.20. The summed E-state index contributed by atoms with van der Waals surface area (Å²) in [5.74, 6) is 0.274. The van der Waals surface area contributed by atoms with Crippen molar-refractivity contribution in [1.29, 1.82) is 0 Å². The zero-order chi connectivity index (χ0) is 21.5. The average Bonchev–Trinajstić information content (AvgIpc) is 3.09. The van der Waals surface area contributed by atoms with Crippen LogP contribution in [0, 0.1) is 0 Å². The van der Waals surface area contributed by atoms with Crippen LogP contribution >= 0.6 is 11.3 Å². The van der Waals surface area contributed by atoms with Gasteiger partial charge in [0.05, 0.1) is 12.9 Å². The Morgan fingerprint density at radius 1 is 1.24 bits per heavy atom. The molecule has 0 spiro atoms. The minimum Gasteiger partial charge on any atom is -0.455 e. The Hall–Kier alpha value is -2.04. The Kier molecular flexibility index (Phi) is 8.12. The summed E-state index contributed by atoms with van der Waals surface area (Å²) in [6, 6.07) is 3.72. The van der Waals surface area contributed by atoms with Gasteiger partial charge in [0, 0.05) is 23.7 Å². The number of unbranched alkanes of at least 4 members (excludes halogenated alkanes) is 2. The molecular formula is C19H27N3O5S2. The first-order chi connectivity index (χ1) is 13.5. The quantitative estimate of drug-likeness (QED) is 0.338. The Labute approximate surface area is 175 Å². The van der Waals surface area contributed by atoms with E-state index in [1.807, 2.05) is 32.9 Å². The number of aromatic nitrogens is 2. The molecule has 160 valence electrons. The molecule has 0 aliphatic heterocycles. The third-order valence-corrected chi connectivity index (χ3v) is 5.03. The first-order valence-corrected chi connectivity index (χ1v) is 12.0. The standard InChI is InChI=1S/C19H27N3O5S2/c1-19(2,3)27-18(23)15-13-28-17(22-15)14-8-10-21-16(12-14)20-9-6-5-7-11-26-29(4,24)25/h8,10,12-13H,5-7,9,11H2,1-4H3,(H,20,21). The molecule has 0 bridgehead atoms. The van der Waals surface area contributed by atoms with Gasteiger partial charge in [-0.1, -0.05) is 0 Å². The minimum absolute atomic E-state index is 0.205. The predicted molar refractivity (Wildman–Crippen MR) is 114 cm³/mol. The largest absolute Gasteiger partial charge is 0.455 e. The number of nitrogens with zero attached hydrogens (tertiary/aromatic N) is 2. The van der Waals surface area contributed by atoms with Gasteiger partial charge in [-0.15, -0.1) is 11.3 Å². The number of esters is 1. The van der Waals surface area contributed by atoms with E-state index in [4.69, 9.17) is 8.92 Å². The van der Waals surface area contributed by atoms with Crippen molar-refractivity contribution in [2.24, 2.45) is 0 Å². The van der Waals surface area contributed by atoms with Crippen LogP contribution in [0.25, 0.3) is 10.6 Å². The van der Waals surface area contributed by atoms with Gasteiger partial charge in [0.1, 0.15) is 16.4 Å². The van der Waals surface area contributed by atoms with Gasteiger partial charge in [0.25, 0.3) is 10.1 Å². The Bertz CT molecular complexity index is 920. The molecule has 2 aromatic rings. The molecule has 29 heavy (non-hydrogen) atoms. The number of nitrogens with one attached hydrogen (secondary N) is 1. The molecule has 0 aliphatic rings. The van der Waals surface area contributed by atoms with Gasteiger partial charge in [0.2, 0.25) is 0 Å². The number of carbonyl (C=O) groups excluding carboxylic acids is 1. The summed E-state index contributed by atoms with van der Waals surface area (Å²) < 4.78 is 31.8. The molecule has 0 aromatic carbocycles. The average molecular weight is 442 g/mol. The number of thiazole rings is 1. The van der Waals surface area contributed by atoms with E-state index in [0.29, 0.717) is 29.5 Å². The summed E-state index contributed by atoms with van der Waals surface area (Å²) in [4.78, 5) is 20.8. The number of anilines is 1. The molecule has 0 amide bonds. The van der Waals surface area contributed by atoms with E-state index in [9.17, 15) is 13.2 Å². The van der Waals surface area contributed by atoms with E-state index >= 15 is 0 Å². The highest BCUT2D eigenvalue weighted by molar-refractivity contribution is 7.85. The van der Waals surface area contributed by atoms with Crippen LogP contribution in [0.3, 0.4) is 0 Å². The number of ether oxygens (including phenoxy) is 1. The molecule has 0 saturated heterocycles. The number of hydrogen-bond acceptors (Lipinski definition) is 9. The predicted octanol–water partition coefficient (Wildman–Crippen LogP) is 3.72. The lowest BCUT2D eigenvalue weighted by Crippen LogP contribution is -2.24. The van der Waals surface area contributed by atoms with Crippen molar-refractivity contribution in [2.45, 2.75) is 45.6 Å². The van der Waals surface area contributed by atoms with Crippen LogP contribution in [0.4, 0.5) is 5.82 Å². The second kappa shape index (κ2) is 10.1. The van der Waals surface area contributed by atoms with Gasteiger partial charge in [-0.2, -0.15) is 8.42 Å².